The number of aliphatic imine (C=N–C) groups is 1. The van der Waals surface area contributed by atoms with Crippen LogP contribution in [0.5, 0.6) is 0 Å². The molecule has 0 aliphatic heterocycles. The molecule has 0 spiro atoms. The summed E-state index contributed by atoms with van der Waals surface area (Å²) < 4.78 is 16.4. The summed E-state index contributed by atoms with van der Waals surface area (Å²) in [6, 6.07) is 10.1. The number of benzene rings is 1. The third-order valence-electron chi connectivity index (χ3n) is 3.01. The molecule has 0 bridgehead atoms. The Hall–Kier alpha value is -1.27. The molecular formula is C17H27NO4. The highest BCUT2D eigenvalue weighted by molar-refractivity contribution is 5.23. The summed E-state index contributed by atoms with van der Waals surface area (Å²) in [7, 11) is 0. The van der Waals surface area contributed by atoms with Crippen LogP contribution < -0.4 is 0 Å². The first-order valence-corrected chi connectivity index (χ1v) is 7.67. The zero-order chi connectivity index (χ0) is 16.0. The van der Waals surface area contributed by atoms with Crippen molar-refractivity contribution < 1.29 is 19.3 Å². The molecule has 0 saturated heterocycles. The molecule has 124 valence electrons. The molecule has 22 heavy (non-hydrogen) atoms. The van der Waals surface area contributed by atoms with E-state index in [4.69, 9.17) is 14.2 Å². The Morgan fingerprint density at radius 2 is 1.86 bits per heavy atom. The van der Waals surface area contributed by atoms with E-state index in [2.05, 4.69) is 23.8 Å². The molecule has 0 saturated carbocycles. The fourth-order valence-electron chi connectivity index (χ4n) is 1.82. The molecule has 5 nitrogen and oxygen atoms in total. The Balaban J connectivity index is 1.91. The lowest BCUT2D eigenvalue weighted by Gasteiger charge is -2.16. The van der Waals surface area contributed by atoms with E-state index in [1.54, 1.807) is 0 Å². The highest BCUT2D eigenvalue weighted by Crippen LogP contribution is 2.03. The smallest absolute Gasteiger partial charge is 0.154 e. The first-order chi connectivity index (χ1) is 10.7. The average molecular weight is 309 g/mol. The predicted octanol–water partition coefficient (Wildman–Crippen LogP) is 2.42. The summed E-state index contributed by atoms with van der Waals surface area (Å²) in [5.74, 6) is 0. The molecule has 2 atom stereocenters. The first-order valence-electron chi connectivity index (χ1n) is 7.67. The van der Waals surface area contributed by atoms with Crippen LogP contribution in [-0.2, 0) is 20.8 Å². The van der Waals surface area contributed by atoms with Crippen molar-refractivity contribution in [2.45, 2.75) is 38.8 Å². The summed E-state index contributed by atoms with van der Waals surface area (Å²) in [4.78, 5) is 3.60. The molecule has 2 unspecified atom stereocenters. The minimum absolute atomic E-state index is 0.209. The van der Waals surface area contributed by atoms with Crippen molar-refractivity contribution in [2.24, 2.45) is 4.99 Å². The van der Waals surface area contributed by atoms with Gasteiger partial charge in [0.05, 0.1) is 25.9 Å². The van der Waals surface area contributed by atoms with Crippen molar-refractivity contribution in [2.75, 3.05) is 26.4 Å². The third kappa shape index (κ3) is 9.63. The highest BCUT2D eigenvalue weighted by Gasteiger charge is 2.07. The molecule has 1 rings (SSSR count). The molecule has 0 amide bonds. The molecule has 0 radical (unpaired) electrons. The van der Waals surface area contributed by atoms with Crippen LogP contribution in [0.15, 0.2) is 35.3 Å². The molecule has 1 N–H and O–H groups in total. The fraction of sp³-hybridized carbons (Fsp3) is 0.588. The van der Waals surface area contributed by atoms with Crippen LogP contribution in [0.4, 0.5) is 0 Å². The molecule has 0 aromatic heterocycles. The van der Waals surface area contributed by atoms with Crippen LogP contribution in [0.1, 0.15) is 25.3 Å². The fourth-order valence-corrected chi connectivity index (χ4v) is 1.82. The van der Waals surface area contributed by atoms with Crippen LogP contribution in [-0.4, -0.2) is 50.6 Å². The zero-order valence-electron chi connectivity index (χ0n) is 13.3. The number of nitrogens with zero attached hydrogens (tertiary/aromatic N) is 1. The van der Waals surface area contributed by atoms with Gasteiger partial charge in [-0.15, -0.1) is 0 Å². The normalized spacial score (nSPS) is 13.7. The van der Waals surface area contributed by atoms with Crippen molar-refractivity contribution in [3.8, 4) is 0 Å². The minimum atomic E-state index is -0.616. The topological polar surface area (TPSA) is 60.3 Å². The number of unbranched alkanes of at least 4 members (excludes halogenated alkanes) is 1. The standard InChI is InChI=1S/C17H27NO4/c1-15(22-14-17(19)12-18-2)21-11-7-6-10-20-13-16-8-4-3-5-9-16/h3-5,8-9,15,17,19H,2,6-7,10-14H2,1H3. The molecule has 0 fully saturated rings. The molecule has 1 aromatic carbocycles. The van der Waals surface area contributed by atoms with Gasteiger partial charge in [0, 0.05) is 13.2 Å². The second kappa shape index (κ2) is 12.3. The van der Waals surface area contributed by atoms with E-state index in [-0.39, 0.29) is 19.4 Å². The number of hydrogen-bond donors (Lipinski definition) is 1. The highest BCUT2D eigenvalue weighted by atomic mass is 16.7. The van der Waals surface area contributed by atoms with E-state index >= 15 is 0 Å². The van der Waals surface area contributed by atoms with Crippen molar-refractivity contribution in [3.05, 3.63) is 35.9 Å². The first kappa shape index (κ1) is 18.8. The second-order valence-electron chi connectivity index (χ2n) is 5.08. The lowest BCUT2D eigenvalue weighted by molar-refractivity contribution is -0.146. The average Bonchev–Trinajstić information content (AvgIpc) is 2.53. The van der Waals surface area contributed by atoms with Gasteiger partial charge in [0.15, 0.2) is 6.29 Å². The molecule has 1 aromatic rings. The SMILES string of the molecule is C=NCC(O)COC(C)OCCCCOCc1ccccc1. The number of rotatable bonds is 13. The van der Waals surface area contributed by atoms with E-state index < -0.39 is 6.10 Å². The molecule has 5 heteroatoms. The third-order valence-corrected chi connectivity index (χ3v) is 3.01. The maximum atomic E-state index is 9.43. The van der Waals surface area contributed by atoms with Gasteiger partial charge < -0.3 is 19.3 Å². The van der Waals surface area contributed by atoms with Gasteiger partial charge in [0.25, 0.3) is 0 Å². The summed E-state index contributed by atoms with van der Waals surface area (Å²) in [6.45, 7) is 7.62. The van der Waals surface area contributed by atoms with E-state index in [0.29, 0.717) is 13.2 Å². The van der Waals surface area contributed by atoms with E-state index in [0.717, 1.165) is 19.4 Å². The molecule has 0 aliphatic rings. The van der Waals surface area contributed by atoms with Crippen LogP contribution in [0.3, 0.4) is 0 Å². The van der Waals surface area contributed by atoms with Crippen LogP contribution in [0, 0.1) is 0 Å². The van der Waals surface area contributed by atoms with Gasteiger partial charge in [-0.3, -0.25) is 4.99 Å². The largest absolute Gasteiger partial charge is 0.389 e. The van der Waals surface area contributed by atoms with Gasteiger partial charge in [-0.1, -0.05) is 30.3 Å². The molecule has 0 heterocycles. The van der Waals surface area contributed by atoms with Crippen molar-refractivity contribution in [1.29, 1.82) is 0 Å². The predicted molar refractivity (Wildman–Crippen MR) is 87.1 cm³/mol. The number of ether oxygens (including phenoxy) is 3. The van der Waals surface area contributed by atoms with Crippen molar-refractivity contribution in [1.82, 2.24) is 0 Å². The Bertz CT molecular complexity index is 386. The monoisotopic (exact) mass is 309 g/mol. The maximum absolute atomic E-state index is 9.43. The van der Waals surface area contributed by atoms with Crippen LogP contribution >= 0.6 is 0 Å². The van der Waals surface area contributed by atoms with Crippen molar-refractivity contribution in [3.63, 3.8) is 0 Å². The van der Waals surface area contributed by atoms with E-state index in [1.807, 2.05) is 25.1 Å². The minimum Gasteiger partial charge on any atom is -0.389 e. The van der Waals surface area contributed by atoms with Gasteiger partial charge in [-0.05, 0) is 32.0 Å². The van der Waals surface area contributed by atoms with Crippen LogP contribution in [0.25, 0.3) is 0 Å². The zero-order valence-corrected chi connectivity index (χ0v) is 13.3. The number of aliphatic hydroxyl groups excluding tert-OH is 1. The molecule has 0 aliphatic carbocycles. The van der Waals surface area contributed by atoms with Gasteiger partial charge in [-0.25, -0.2) is 0 Å². The van der Waals surface area contributed by atoms with Gasteiger partial charge in [-0.2, -0.15) is 0 Å². The van der Waals surface area contributed by atoms with Crippen molar-refractivity contribution >= 4 is 6.72 Å². The molecular weight excluding hydrogens is 282 g/mol. The Morgan fingerprint density at radius 3 is 2.59 bits per heavy atom. The number of aliphatic hydroxyl groups is 1. The van der Waals surface area contributed by atoms with E-state index in [9.17, 15) is 5.11 Å². The summed E-state index contributed by atoms with van der Waals surface area (Å²) in [6.07, 6.45) is 0.918. The maximum Gasteiger partial charge on any atom is 0.154 e. The van der Waals surface area contributed by atoms with Gasteiger partial charge >= 0.3 is 0 Å². The lowest BCUT2D eigenvalue weighted by Crippen LogP contribution is -2.24. The lowest BCUT2D eigenvalue weighted by atomic mass is 10.2. The Morgan fingerprint density at radius 1 is 1.14 bits per heavy atom. The Kier molecular flexibility index (Phi) is 10.5. The number of hydrogen-bond acceptors (Lipinski definition) is 5. The van der Waals surface area contributed by atoms with Gasteiger partial charge in [0.2, 0.25) is 0 Å². The summed E-state index contributed by atoms with van der Waals surface area (Å²) >= 11 is 0. The summed E-state index contributed by atoms with van der Waals surface area (Å²) in [5, 5.41) is 9.43. The van der Waals surface area contributed by atoms with Crippen LogP contribution in [0.2, 0.25) is 0 Å². The Labute approximate surface area is 132 Å². The summed E-state index contributed by atoms with van der Waals surface area (Å²) in [5.41, 5.74) is 1.19. The quantitative estimate of drug-likeness (QED) is 0.345. The van der Waals surface area contributed by atoms with Gasteiger partial charge in [0.1, 0.15) is 0 Å². The second-order valence-corrected chi connectivity index (χ2v) is 5.08. The van der Waals surface area contributed by atoms with E-state index in [1.165, 1.54) is 5.56 Å².